The van der Waals surface area contributed by atoms with Crippen molar-refractivity contribution in [2.45, 2.75) is 44.6 Å². The number of fused-ring (bicyclic) bond motifs is 1. The van der Waals surface area contributed by atoms with Crippen molar-refractivity contribution in [2.24, 2.45) is 0 Å². The molecule has 0 aliphatic heterocycles. The third-order valence-corrected chi connectivity index (χ3v) is 4.16. The third-order valence-electron chi connectivity index (χ3n) is 4.16. The Balaban J connectivity index is 1.97. The first kappa shape index (κ1) is 13.9. The molecule has 0 radical (unpaired) electrons. The lowest BCUT2D eigenvalue weighted by Crippen LogP contribution is -2.20. The number of carboxylic acids is 1. The zero-order chi connectivity index (χ0) is 14.7. The quantitative estimate of drug-likeness (QED) is 0.834. The van der Waals surface area contributed by atoms with Crippen LogP contribution in [0.1, 0.15) is 49.0 Å². The molecule has 0 amide bonds. The summed E-state index contributed by atoms with van der Waals surface area (Å²) < 4.78 is 0. The highest BCUT2D eigenvalue weighted by Gasteiger charge is 2.16. The van der Waals surface area contributed by atoms with E-state index in [1.807, 2.05) is 24.3 Å². The van der Waals surface area contributed by atoms with Gasteiger partial charge in [0, 0.05) is 11.4 Å². The molecule has 1 aromatic heterocycles. The maximum Gasteiger partial charge on any atom is 0.354 e. The van der Waals surface area contributed by atoms with Crippen molar-refractivity contribution in [3.05, 3.63) is 36.0 Å². The molecule has 21 heavy (non-hydrogen) atoms. The number of rotatable bonds is 3. The van der Waals surface area contributed by atoms with Crippen molar-refractivity contribution in [3.63, 3.8) is 0 Å². The van der Waals surface area contributed by atoms with E-state index in [0.717, 1.165) is 23.6 Å². The monoisotopic (exact) mass is 284 g/mol. The number of nitrogens with one attached hydrogen (secondary N) is 1. The number of anilines is 1. The van der Waals surface area contributed by atoms with Gasteiger partial charge in [0.1, 0.15) is 5.82 Å². The van der Waals surface area contributed by atoms with Gasteiger partial charge in [-0.2, -0.15) is 0 Å². The summed E-state index contributed by atoms with van der Waals surface area (Å²) in [4.78, 5) is 15.6. The number of carboxylic acid groups (broad SMARTS) is 1. The smallest absolute Gasteiger partial charge is 0.354 e. The van der Waals surface area contributed by atoms with E-state index in [1.165, 1.54) is 25.7 Å². The van der Waals surface area contributed by atoms with Crippen LogP contribution in [-0.2, 0) is 0 Å². The first-order valence-electron chi connectivity index (χ1n) is 7.63. The summed E-state index contributed by atoms with van der Waals surface area (Å²) in [6, 6.07) is 9.84. The summed E-state index contributed by atoms with van der Waals surface area (Å²) in [7, 11) is 0. The van der Waals surface area contributed by atoms with Gasteiger partial charge < -0.3 is 10.4 Å². The Bertz CT molecular complexity index is 646. The van der Waals surface area contributed by atoms with E-state index in [0.29, 0.717) is 11.9 Å². The second kappa shape index (κ2) is 6.12. The van der Waals surface area contributed by atoms with E-state index in [9.17, 15) is 9.90 Å². The highest BCUT2D eigenvalue weighted by molar-refractivity contribution is 5.97. The van der Waals surface area contributed by atoms with Gasteiger partial charge in [0.15, 0.2) is 5.69 Å². The summed E-state index contributed by atoms with van der Waals surface area (Å²) >= 11 is 0. The summed E-state index contributed by atoms with van der Waals surface area (Å²) in [6.45, 7) is 0. The van der Waals surface area contributed by atoms with Crippen LogP contribution in [0.5, 0.6) is 0 Å². The largest absolute Gasteiger partial charge is 0.477 e. The molecule has 3 rings (SSSR count). The molecule has 1 aliphatic rings. The van der Waals surface area contributed by atoms with Crippen molar-refractivity contribution >= 4 is 22.6 Å². The minimum absolute atomic E-state index is 0.102. The molecule has 0 unspecified atom stereocenters. The molecule has 0 atom stereocenters. The molecule has 0 bridgehead atoms. The first-order chi connectivity index (χ1) is 10.2. The van der Waals surface area contributed by atoms with E-state index in [-0.39, 0.29) is 5.69 Å². The topological polar surface area (TPSA) is 62.2 Å². The molecule has 4 nitrogen and oxygen atoms in total. The second-order valence-electron chi connectivity index (χ2n) is 5.72. The van der Waals surface area contributed by atoms with Crippen LogP contribution < -0.4 is 5.32 Å². The zero-order valence-corrected chi connectivity index (χ0v) is 12.0. The van der Waals surface area contributed by atoms with Crippen LogP contribution in [0.4, 0.5) is 5.82 Å². The average molecular weight is 284 g/mol. The Morgan fingerprint density at radius 1 is 1.14 bits per heavy atom. The van der Waals surface area contributed by atoms with Crippen LogP contribution >= 0.6 is 0 Å². The van der Waals surface area contributed by atoms with E-state index < -0.39 is 5.97 Å². The number of benzene rings is 1. The molecule has 1 aromatic carbocycles. The lowest BCUT2D eigenvalue weighted by Gasteiger charge is -2.18. The summed E-state index contributed by atoms with van der Waals surface area (Å²) in [5, 5.41) is 14.6. The number of pyridine rings is 1. The molecular weight excluding hydrogens is 264 g/mol. The molecule has 4 heteroatoms. The van der Waals surface area contributed by atoms with Crippen molar-refractivity contribution in [1.29, 1.82) is 0 Å². The van der Waals surface area contributed by atoms with Crippen LogP contribution in [0.2, 0.25) is 0 Å². The third kappa shape index (κ3) is 3.15. The maximum atomic E-state index is 11.3. The number of aromatic carboxylic acids is 1. The number of hydrogen-bond acceptors (Lipinski definition) is 3. The standard InChI is InChI=1S/C17H20N2O2/c20-17(21)15-11-12-7-5-6-10-14(12)16(19-15)18-13-8-3-1-2-4-9-13/h5-7,10-11,13H,1-4,8-9H2,(H,18,19)(H,20,21). The van der Waals surface area contributed by atoms with Crippen LogP contribution in [0.15, 0.2) is 30.3 Å². The molecule has 110 valence electrons. The van der Waals surface area contributed by atoms with Gasteiger partial charge in [-0.15, -0.1) is 0 Å². The number of nitrogens with zero attached hydrogens (tertiary/aromatic N) is 1. The Kier molecular flexibility index (Phi) is 4.04. The normalized spacial score (nSPS) is 16.6. The van der Waals surface area contributed by atoms with Crippen molar-refractivity contribution in [2.75, 3.05) is 5.32 Å². The lowest BCUT2D eigenvalue weighted by molar-refractivity contribution is 0.0691. The summed E-state index contributed by atoms with van der Waals surface area (Å²) in [5.74, 6) is -0.276. The Morgan fingerprint density at radius 3 is 2.57 bits per heavy atom. The SMILES string of the molecule is O=C(O)c1cc2ccccc2c(NC2CCCCCC2)n1. The van der Waals surface area contributed by atoms with Gasteiger partial charge in [0.25, 0.3) is 0 Å². The van der Waals surface area contributed by atoms with Gasteiger partial charge in [-0.1, -0.05) is 49.9 Å². The molecule has 0 spiro atoms. The predicted octanol–water partition coefficient (Wildman–Crippen LogP) is 4.07. The molecular formula is C17H20N2O2. The lowest BCUT2D eigenvalue weighted by atomic mass is 10.1. The van der Waals surface area contributed by atoms with Gasteiger partial charge in [-0.05, 0) is 24.3 Å². The van der Waals surface area contributed by atoms with E-state index in [1.54, 1.807) is 6.07 Å². The van der Waals surface area contributed by atoms with Gasteiger partial charge in [0.05, 0.1) is 0 Å². The summed E-state index contributed by atoms with van der Waals surface area (Å²) in [5.41, 5.74) is 0.102. The van der Waals surface area contributed by atoms with Crippen LogP contribution in [0, 0.1) is 0 Å². The van der Waals surface area contributed by atoms with Gasteiger partial charge in [-0.3, -0.25) is 0 Å². The molecule has 0 saturated heterocycles. The van der Waals surface area contributed by atoms with Crippen LogP contribution in [0.25, 0.3) is 10.8 Å². The highest BCUT2D eigenvalue weighted by atomic mass is 16.4. The van der Waals surface area contributed by atoms with Crippen LogP contribution in [-0.4, -0.2) is 22.1 Å². The predicted molar refractivity (Wildman–Crippen MR) is 83.8 cm³/mol. The highest BCUT2D eigenvalue weighted by Crippen LogP contribution is 2.26. The van der Waals surface area contributed by atoms with Gasteiger partial charge >= 0.3 is 5.97 Å². The molecule has 2 N–H and O–H groups in total. The summed E-state index contributed by atoms with van der Waals surface area (Å²) in [6.07, 6.45) is 7.31. The fourth-order valence-corrected chi connectivity index (χ4v) is 3.04. The first-order valence-corrected chi connectivity index (χ1v) is 7.63. The van der Waals surface area contributed by atoms with Gasteiger partial charge in [0.2, 0.25) is 0 Å². The Labute approximate surface area is 124 Å². The minimum atomic E-state index is -0.982. The molecule has 2 aromatic rings. The molecule has 1 heterocycles. The molecule has 1 saturated carbocycles. The van der Waals surface area contributed by atoms with Crippen molar-refractivity contribution in [3.8, 4) is 0 Å². The Morgan fingerprint density at radius 2 is 1.86 bits per heavy atom. The van der Waals surface area contributed by atoms with Crippen molar-refractivity contribution < 1.29 is 9.90 Å². The number of hydrogen-bond donors (Lipinski definition) is 2. The number of aromatic nitrogens is 1. The van der Waals surface area contributed by atoms with E-state index in [2.05, 4.69) is 10.3 Å². The van der Waals surface area contributed by atoms with E-state index in [4.69, 9.17) is 0 Å². The van der Waals surface area contributed by atoms with E-state index >= 15 is 0 Å². The van der Waals surface area contributed by atoms with Crippen LogP contribution in [0.3, 0.4) is 0 Å². The fourth-order valence-electron chi connectivity index (χ4n) is 3.04. The average Bonchev–Trinajstić information content (AvgIpc) is 2.75. The Hall–Kier alpha value is -2.10. The maximum absolute atomic E-state index is 11.3. The fraction of sp³-hybridized carbons (Fsp3) is 0.412. The minimum Gasteiger partial charge on any atom is -0.477 e. The molecule has 1 aliphatic carbocycles. The zero-order valence-electron chi connectivity index (χ0n) is 12.0. The second-order valence-corrected chi connectivity index (χ2v) is 5.72. The molecule has 1 fully saturated rings. The van der Waals surface area contributed by atoms with Crippen molar-refractivity contribution in [1.82, 2.24) is 4.98 Å². The van der Waals surface area contributed by atoms with Gasteiger partial charge in [-0.25, -0.2) is 9.78 Å². The number of carbonyl (C=O) groups is 1.